The van der Waals surface area contributed by atoms with Crippen LogP contribution in [-0.4, -0.2) is 11.7 Å². The summed E-state index contributed by atoms with van der Waals surface area (Å²) in [4.78, 5) is 0. The predicted molar refractivity (Wildman–Crippen MR) is 82.0 cm³/mol. The molecule has 1 nitrogen and oxygen atoms in total. The highest BCUT2D eigenvalue weighted by molar-refractivity contribution is 6.42. The van der Waals surface area contributed by atoms with Gasteiger partial charge in [-0.1, -0.05) is 60.5 Å². The maximum absolute atomic E-state index is 8.96. The van der Waals surface area contributed by atoms with Gasteiger partial charge in [0.15, 0.2) is 0 Å². The first-order valence-electron chi connectivity index (χ1n) is 6.28. The SMILES string of the molecule is CC(CCO)c1ccc(-c2ccc(Cl)c(Cl)c2)cc1. The van der Waals surface area contributed by atoms with Gasteiger partial charge in [-0.05, 0) is 41.2 Å². The standard InChI is InChI=1S/C16H16Cl2O/c1-11(8-9-19)12-2-4-13(5-3-12)14-6-7-15(17)16(18)10-14/h2-7,10-11,19H,8-9H2,1H3. The molecule has 1 N–H and O–H groups in total. The molecule has 1 unspecified atom stereocenters. The van der Waals surface area contributed by atoms with E-state index in [1.165, 1.54) is 5.56 Å². The first-order chi connectivity index (χ1) is 9.11. The van der Waals surface area contributed by atoms with Crippen LogP contribution in [0.2, 0.25) is 10.0 Å². The topological polar surface area (TPSA) is 20.2 Å². The van der Waals surface area contributed by atoms with Crippen molar-refractivity contribution < 1.29 is 5.11 Å². The Bertz CT molecular complexity index is 549. The van der Waals surface area contributed by atoms with Gasteiger partial charge in [0.25, 0.3) is 0 Å². The van der Waals surface area contributed by atoms with E-state index in [4.69, 9.17) is 28.3 Å². The van der Waals surface area contributed by atoms with E-state index >= 15 is 0 Å². The Morgan fingerprint density at radius 2 is 1.58 bits per heavy atom. The van der Waals surface area contributed by atoms with Gasteiger partial charge in [-0.25, -0.2) is 0 Å². The molecule has 3 heteroatoms. The van der Waals surface area contributed by atoms with Crippen LogP contribution in [0.1, 0.15) is 24.8 Å². The third-order valence-corrected chi connectivity index (χ3v) is 4.03. The fourth-order valence-electron chi connectivity index (χ4n) is 2.04. The second kappa shape index (κ2) is 6.42. The molecule has 0 saturated carbocycles. The Morgan fingerprint density at radius 3 is 2.16 bits per heavy atom. The lowest BCUT2D eigenvalue weighted by Crippen LogP contribution is -1.96. The molecule has 1 atom stereocenters. The van der Waals surface area contributed by atoms with E-state index in [1.54, 1.807) is 0 Å². The summed E-state index contributed by atoms with van der Waals surface area (Å²) in [5.74, 6) is 0.368. The Hall–Kier alpha value is -1.02. The van der Waals surface area contributed by atoms with Crippen LogP contribution in [0, 0.1) is 0 Å². The van der Waals surface area contributed by atoms with Gasteiger partial charge >= 0.3 is 0 Å². The molecule has 0 aliphatic carbocycles. The minimum Gasteiger partial charge on any atom is -0.396 e. The molecule has 0 amide bonds. The fourth-order valence-corrected chi connectivity index (χ4v) is 2.34. The Kier molecular flexibility index (Phi) is 4.87. The van der Waals surface area contributed by atoms with E-state index in [1.807, 2.05) is 18.2 Å². The van der Waals surface area contributed by atoms with Gasteiger partial charge in [-0.3, -0.25) is 0 Å². The van der Waals surface area contributed by atoms with Crippen LogP contribution >= 0.6 is 23.2 Å². The molecule has 0 fully saturated rings. The van der Waals surface area contributed by atoms with Gasteiger partial charge < -0.3 is 5.11 Å². The molecule has 19 heavy (non-hydrogen) atoms. The number of aliphatic hydroxyl groups excluding tert-OH is 1. The Balaban J connectivity index is 2.24. The molecule has 0 aliphatic heterocycles. The van der Waals surface area contributed by atoms with Crippen LogP contribution in [-0.2, 0) is 0 Å². The maximum Gasteiger partial charge on any atom is 0.0598 e. The minimum atomic E-state index is 0.218. The van der Waals surface area contributed by atoms with Crippen LogP contribution in [0.3, 0.4) is 0 Å². The van der Waals surface area contributed by atoms with E-state index in [0.29, 0.717) is 16.0 Å². The van der Waals surface area contributed by atoms with Crippen molar-refractivity contribution in [2.45, 2.75) is 19.3 Å². The number of benzene rings is 2. The highest BCUT2D eigenvalue weighted by Gasteiger charge is 2.06. The fraction of sp³-hybridized carbons (Fsp3) is 0.250. The molecule has 2 aromatic carbocycles. The summed E-state index contributed by atoms with van der Waals surface area (Å²) < 4.78 is 0. The van der Waals surface area contributed by atoms with Crippen molar-refractivity contribution in [3.63, 3.8) is 0 Å². The van der Waals surface area contributed by atoms with Gasteiger partial charge in [0.05, 0.1) is 10.0 Å². The molecule has 0 bridgehead atoms. The van der Waals surface area contributed by atoms with Gasteiger partial charge in [0.2, 0.25) is 0 Å². The summed E-state index contributed by atoms with van der Waals surface area (Å²) in [7, 11) is 0. The van der Waals surface area contributed by atoms with Gasteiger partial charge in [0, 0.05) is 6.61 Å². The molecule has 100 valence electrons. The molecule has 0 aliphatic rings. The van der Waals surface area contributed by atoms with Crippen molar-refractivity contribution in [1.29, 1.82) is 0 Å². The normalized spacial score (nSPS) is 12.4. The lowest BCUT2D eigenvalue weighted by Gasteiger charge is -2.11. The summed E-state index contributed by atoms with van der Waals surface area (Å²) in [6.07, 6.45) is 0.784. The van der Waals surface area contributed by atoms with E-state index in [-0.39, 0.29) is 6.61 Å². The number of halogens is 2. The first kappa shape index (κ1) is 14.4. The van der Waals surface area contributed by atoms with Gasteiger partial charge in [-0.2, -0.15) is 0 Å². The Morgan fingerprint density at radius 1 is 0.947 bits per heavy atom. The molecule has 2 aromatic rings. The van der Waals surface area contributed by atoms with Crippen LogP contribution < -0.4 is 0 Å². The quantitative estimate of drug-likeness (QED) is 0.827. The minimum absolute atomic E-state index is 0.218. The van der Waals surface area contributed by atoms with Crippen LogP contribution in [0.15, 0.2) is 42.5 Å². The highest BCUT2D eigenvalue weighted by atomic mass is 35.5. The number of hydrogen-bond donors (Lipinski definition) is 1. The molecule has 0 spiro atoms. The molecular weight excluding hydrogens is 279 g/mol. The van der Waals surface area contributed by atoms with Crippen molar-refractivity contribution in [1.82, 2.24) is 0 Å². The Labute approximate surface area is 123 Å². The molecule has 2 rings (SSSR count). The summed E-state index contributed by atoms with van der Waals surface area (Å²) in [6.45, 7) is 2.33. The van der Waals surface area contributed by atoms with Crippen molar-refractivity contribution in [2.24, 2.45) is 0 Å². The number of rotatable bonds is 4. The zero-order valence-corrected chi connectivity index (χ0v) is 12.2. The maximum atomic E-state index is 8.96. The van der Waals surface area contributed by atoms with Crippen LogP contribution in [0.25, 0.3) is 11.1 Å². The average molecular weight is 295 g/mol. The molecule has 0 saturated heterocycles. The first-order valence-corrected chi connectivity index (χ1v) is 7.03. The third-order valence-electron chi connectivity index (χ3n) is 3.29. The molecule has 0 aromatic heterocycles. The zero-order valence-electron chi connectivity index (χ0n) is 10.7. The summed E-state index contributed by atoms with van der Waals surface area (Å²) in [5, 5.41) is 10.1. The van der Waals surface area contributed by atoms with Gasteiger partial charge in [-0.15, -0.1) is 0 Å². The van der Waals surface area contributed by atoms with Crippen LogP contribution in [0.5, 0.6) is 0 Å². The smallest absolute Gasteiger partial charge is 0.0598 e. The van der Waals surface area contributed by atoms with Crippen molar-refractivity contribution >= 4 is 23.2 Å². The summed E-state index contributed by atoms with van der Waals surface area (Å²) in [6, 6.07) is 14.0. The van der Waals surface area contributed by atoms with Crippen molar-refractivity contribution in [3.8, 4) is 11.1 Å². The zero-order chi connectivity index (χ0) is 13.8. The van der Waals surface area contributed by atoms with Crippen LogP contribution in [0.4, 0.5) is 0 Å². The van der Waals surface area contributed by atoms with E-state index in [2.05, 4.69) is 31.2 Å². The second-order valence-corrected chi connectivity index (χ2v) is 5.48. The van der Waals surface area contributed by atoms with Crippen molar-refractivity contribution in [3.05, 3.63) is 58.1 Å². The second-order valence-electron chi connectivity index (χ2n) is 4.66. The average Bonchev–Trinajstić information content (AvgIpc) is 2.42. The molecular formula is C16H16Cl2O. The van der Waals surface area contributed by atoms with Gasteiger partial charge in [0.1, 0.15) is 0 Å². The largest absolute Gasteiger partial charge is 0.396 e. The number of hydrogen-bond acceptors (Lipinski definition) is 1. The van der Waals surface area contributed by atoms with E-state index < -0.39 is 0 Å². The third kappa shape index (κ3) is 3.50. The monoisotopic (exact) mass is 294 g/mol. The number of aliphatic hydroxyl groups is 1. The summed E-state index contributed by atoms with van der Waals surface area (Å²) >= 11 is 11.9. The highest BCUT2D eigenvalue weighted by Crippen LogP contribution is 2.29. The lowest BCUT2D eigenvalue weighted by molar-refractivity contribution is 0.278. The van der Waals surface area contributed by atoms with E-state index in [0.717, 1.165) is 17.5 Å². The summed E-state index contributed by atoms with van der Waals surface area (Å²) in [5.41, 5.74) is 3.40. The molecule has 0 heterocycles. The van der Waals surface area contributed by atoms with Crippen molar-refractivity contribution in [2.75, 3.05) is 6.61 Å². The predicted octanol–water partition coefficient (Wildman–Crippen LogP) is 5.15. The lowest BCUT2D eigenvalue weighted by atomic mass is 9.95. The van der Waals surface area contributed by atoms with E-state index in [9.17, 15) is 0 Å². The molecule has 0 radical (unpaired) electrons.